The van der Waals surface area contributed by atoms with Crippen molar-refractivity contribution < 1.29 is 57.0 Å². The van der Waals surface area contributed by atoms with Crippen LogP contribution in [0.25, 0.3) is 0 Å². The summed E-state index contributed by atoms with van der Waals surface area (Å²) in [6.07, 6.45) is 31.5. The first-order valence-corrected chi connectivity index (χ1v) is 26.5. The molecule has 0 bridgehead atoms. The number of hydrogen-bond acceptors (Lipinski definition) is 11. The minimum absolute atomic E-state index is 0.248. The van der Waals surface area contributed by atoms with Crippen molar-refractivity contribution in [3.05, 3.63) is 12.2 Å². The van der Waals surface area contributed by atoms with Crippen LogP contribution in [-0.4, -0.2) is 107 Å². The molecule has 1 fully saturated rings. The van der Waals surface area contributed by atoms with Crippen molar-refractivity contribution >= 4 is 16.3 Å². The number of rotatable bonds is 43. The third kappa shape index (κ3) is 30.8. The first-order chi connectivity index (χ1) is 29.9. The van der Waals surface area contributed by atoms with Crippen LogP contribution in [0, 0.1) is 0 Å². The fourth-order valence-corrected chi connectivity index (χ4v) is 8.68. The predicted octanol–water partition coefficient (Wildman–Crippen LogP) is 9.31. The molecule has 1 heterocycles. The van der Waals surface area contributed by atoms with Gasteiger partial charge in [0.05, 0.1) is 25.4 Å². The lowest BCUT2D eigenvalue weighted by Gasteiger charge is -2.41. The van der Waals surface area contributed by atoms with E-state index in [1.807, 2.05) is 6.08 Å². The Hall–Kier alpha value is -1.20. The van der Waals surface area contributed by atoms with Crippen molar-refractivity contribution in [2.24, 2.45) is 0 Å². The van der Waals surface area contributed by atoms with Crippen LogP contribution in [0.3, 0.4) is 0 Å². The average Bonchev–Trinajstić information content (AvgIpc) is 3.24. The van der Waals surface area contributed by atoms with Crippen molar-refractivity contribution in [3.63, 3.8) is 0 Å². The second kappa shape index (κ2) is 39.0. The van der Waals surface area contributed by atoms with Crippen LogP contribution < -0.4 is 5.32 Å². The van der Waals surface area contributed by atoms with Crippen LogP contribution in [0.4, 0.5) is 0 Å². The zero-order chi connectivity index (χ0) is 45.7. The van der Waals surface area contributed by atoms with Gasteiger partial charge in [0.25, 0.3) is 0 Å². The second-order valence-electron chi connectivity index (χ2n) is 17.9. The first-order valence-electron chi connectivity index (χ1n) is 25.2. The van der Waals surface area contributed by atoms with E-state index in [0.29, 0.717) is 12.8 Å². The minimum Gasteiger partial charge on any atom is -0.394 e. The number of allylic oxidation sites excluding steroid dienone is 1. The molecule has 62 heavy (non-hydrogen) atoms. The molecule has 0 aromatic rings. The molecule has 0 saturated carbocycles. The number of nitrogens with one attached hydrogen (secondary N) is 1. The summed E-state index contributed by atoms with van der Waals surface area (Å²) in [6.45, 7) is 3.23. The lowest BCUT2D eigenvalue weighted by Crippen LogP contribution is -2.61. The molecule has 7 N–H and O–H groups in total. The van der Waals surface area contributed by atoms with E-state index in [4.69, 9.17) is 9.47 Å². The molecular weight excluding hydrogens is 815 g/mol. The number of hydrogen-bond donors (Lipinski definition) is 7. The SMILES string of the molecule is CCCCCCCCCCCCC/C=C/[C@@H](O)[C@H](CO[C@@H]1O[C@H](CO)[C@H](O)C(OS(=O)(=O)O)C1O)NC(=O)C(O)CCCCCCCCCCCCCCCCCCCCCC. The predicted molar refractivity (Wildman–Crippen MR) is 247 cm³/mol. The maximum Gasteiger partial charge on any atom is 0.397 e. The van der Waals surface area contributed by atoms with Crippen LogP contribution in [-0.2, 0) is 28.9 Å². The number of amides is 1. The summed E-state index contributed by atoms with van der Waals surface area (Å²) in [4.78, 5) is 13.1. The normalized spacial score (nSPS) is 21.1. The monoisotopic (exact) mass is 908 g/mol. The minimum atomic E-state index is -5.12. The lowest BCUT2D eigenvalue weighted by molar-refractivity contribution is -0.298. The highest BCUT2D eigenvalue weighted by molar-refractivity contribution is 7.80. The van der Waals surface area contributed by atoms with E-state index in [9.17, 15) is 43.3 Å². The molecule has 0 aromatic heterocycles. The van der Waals surface area contributed by atoms with Gasteiger partial charge in [-0.1, -0.05) is 219 Å². The van der Waals surface area contributed by atoms with Crippen molar-refractivity contribution in [1.29, 1.82) is 0 Å². The van der Waals surface area contributed by atoms with Crippen molar-refractivity contribution in [2.75, 3.05) is 13.2 Å². The maximum atomic E-state index is 13.1. The molecule has 0 radical (unpaired) electrons. The Bertz CT molecular complexity index is 1180. The molecular formula is C48H93NO12S. The standard InChI is InChI=1S/C48H93NO12S/c1-3-5-7-9-11-13-15-17-18-19-20-21-22-23-25-27-29-31-33-35-37-42(52)47(55)49-40(41(51)36-34-32-30-28-26-24-16-14-12-10-8-6-4-2)39-59-48-45(54)46(61-62(56,57)58)44(53)43(38-50)60-48/h34,36,40-46,48,50-54H,3-33,35,37-39H2,1-2H3,(H,49,55)(H,56,57,58)/b36-34+/t40-,41+,42?,43+,44-,45?,46?,48+/m0/s1. The summed E-state index contributed by atoms with van der Waals surface area (Å²) in [6, 6.07) is -1.11. The molecule has 8 atom stereocenters. The van der Waals surface area contributed by atoms with Crippen LogP contribution in [0.2, 0.25) is 0 Å². The molecule has 1 rings (SSSR count). The Morgan fingerprint density at radius 1 is 0.645 bits per heavy atom. The van der Waals surface area contributed by atoms with Gasteiger partial charge in [-0.05, 0) is 19.3 Å². The molecule has 1 amide bonds. The van der Waals surface area contributed by atoms with E-state index in [-0.39, 0.29) is 6.42 Å². The summed E-state index contributed by atoms with van der Waals surface area (Å²) in [5, 5.41) is 55.3. The van der Waals surface area contributed by atoms with Crippen molar-refractivity contribution in [3.8, 4) is 0 Å². The van der Waals surface area contributed by atoms with Crippen molar-refractivity contribution in [2.45, 2.75) is 275 Å². The van der Waals surface area contributed by atoms with E-state index in [0.717, 1.165) is 38.5 Å². The molecule has 368 valence electrons. The smallest absolute Gasteiger partial charge is 0.394 e. The highest BCUT2D eigenvalue weighted by atomic mass is 32.3. The van der Waals surface area contributed by atoms with Gasteiger partial charge < -0.3 is 40.3 Å². The van der Waals surface area contributed by atoms with E-state index >= 15 is 0 Å². The molecule has 14 heteroatoms. The van der Waals surface area contributed by atoms with Gasteiger partial charge in [-0.3, -0.25) is 9.35 Å². The highest BCUT2D eigenvalue weighted by Gasteiger charge is 2.48. The Kier molecular flexibility index (Phi) is 37.0. The number of aliphatic hydroxyl groups excluding tert-OH is 5. The molecule has 3 unspecified atom stereocenters. The quantitative estimate of drug-likeness (QED) is 0.0173. The summed E-state index contributed by atoms with van der Waals surface area (Å²) in [5.74, 6) is -0.699. The molecule has 0 aromatic carbocycles. The van der Waals surface area contributed by atoms with Crippen LogP contribution in [0.1, 0.15) is 226 Å². The van der Waals surface area contributed by atoms with Crippen LogP contribution >= 0.6 is 0 Å². The average molecular weight is 908 g/mol. The maximum absolute atomic E-state index is 13.1. The fraction of sp³-hybridized carbons (Fsp3) is 0.938. The topological polar surface area (TPSA) is 212 Å². The summed E-state index contributed by atoms with van der Waals surface area (Å²) in [7, 11) is -5.12. The van der Waals surface area contributed by atoms with Gasteiger partial charge in [0.1, 0.15) is 30.5 Å². The van der Waals surface area contributed by atoms with Gasteiger partial charge in [-0.25, -0.2) is 4.18 Å². The van der Waals surface area contributed by atoms with Gasteiger partial charge in [-0.2, -0.15) is 8.42 Å². The molecule has 1 aliphatic heterocycles. The van der Waals surface area contributed by atoms with E-state index in [1.165, 1.54) is 154 Å². The number of carbonyl (C=O) groups is 1. The van der Waals surface area contributed by atoms with Crippen molar-refractivity contribution in [1.82, 2.24) is 5.32 Å². The Balaban J connectivity index is 2.49. The van der Waals surface area contributed by atoms with Crippen LogP contribution in [0.15, 0.2) is 12.2 Å². The van der Waals surface area contributed by atoms with Crippen LogP contribution in [0.5, 0.6) is 0 Å². The molecule has 0 spiro atoms. The Labute approximate surface area is 377 Å². The lowest BCUT2D eigenvalue weighted by atomic mass is 9.99. The van der Waals surface area contributed by atoms with E-state index in [2.05, 4.69) is 23.3 Å². The third-order valence-corrected chi connectivity index (χ3v) is 12.6. The summed E-state index contributed by atoms with van der Waals surface area (Å²) in [5.41, 5.74) is 0. The number of ether oxygens (including phenoxy) is 2. The molecule has 0 aliphatic carbocycles. The largest absolute Gasteiger partial charge is 0.397 e. The van der Waals surface area contributed by atoms with Gasteiger partial charge >= 0.3 is 10.4 Å². The fourth-order valence-electron chi connectivity index (χ4n) is 8.17. The third-order valence-electron chi connectivity index (χ3n) is 12.2. The summed E-state index contributed by atoms with van der Waals surface area (Å²) >= 11 is 0. The zero-order valence-corrected chi connectivity index (χ0v) is 39.9. The van der Waals surface area contributed by atoms with E-state index < -0.39 is 78.5 Å². The molecule has 1 aliphatic rings. The van der Waals surface area contributed by atoms with Gasteiger partial charge in [0.2, 0.25) is 5.91 Å². The highest BCUT2D eigenvalue weighted by Crippen LogP contribution is 2.26. The second-order valence-corrected chi connectivity index (χ2v) is 19.0. The Morgan fingerprint density at radius 2 is 1.05 bits per heavy atom. The van der Waals surface area contributed by atoms with E-state index in [1.54, 1.807) is 6.08 Å². The van der Waals surface area contributed by atoms with Gasteiger partial charge in [0, 0.05) is 0 Å². The number of aliphatic hydroxyl groups is 5. The van der Waals surface area contributed by atoms with Gasteiger partial charge in [-0.15, -0.1) is 0 Å². The zero-order valence-electron chi connectivity index (χ0n) is 39.1. The molecule has 13 nitrogen and oxygen atoms in total. The Morgan fingerprint density at radius 3 is 1.45 bits per heavy atom. The van der Waals surface area contributed by atoms with Gasteiger partial charge in [0.15, 0.2) is 6.29 Å². The number of carbonyl (C=O) groups excluding carboxylic acids is 1. The number of unbranched alkanes of at least 4 members (excludes halogenated alkanes) is 30. The summed E-state index contributed by atoms with van der Waals surface area (Å²) < 4.78 is 47.5. The molecule has 1 saturated heterocycles. The first kappa shape index (κ1) is 58.8.